The number of hydrogen-bond donors (Lipinski definition) is 1. The van der Waals surface area contributed by atoms with E-state index in [-0.39, 0.29) is 11.0 Å². The molecule has 6 heteroatoms. The highest BCUT2D eigenvalue weighted by Gasteiger charge is 2.18. The lowest BCUT2D eigenvalue weighted by atomic mass is 9.98. The molecule has 106 valence electrons. The van der Waals surface area contributed by atoms with E-state index in [1.807, 2.05) is 5.38 Å². The van der Waals surface area contributed by atoms with Crippen LogP contribution >= 0.6 is 23.1 Å². The number of carboxylic acids is 1. The van der Waals surface area contributed by atoms with Gasteiger partial charge in [0.25, 0.3) is 0 Å². The Morgan fingerprint density at radius 1 is 1.45 bits per heavy atom. The second kappa shape index (κ2) is 5.93. The highest BCUT2D eigenvalue weighted by molar-refractivity contribution is 7.98. The van der Waals surface area contributed by atoms with Gasteiger partial charge in [-0.05, 0) is 12.1 Å². The first-order valence-electron chi connectivity index (χ1n) is 6.14. The van der Waals surface area contributed by atoms with Crippen LogP contribution in [0.3, 0.4) is 0 Å². The fraction of sp³-hybridized carbons (Fsp3) is 0.357. The molecule has 0 aliphatic heterocycles. The summed E-state index contributed by atoms with van der Waals surface area (Å²) in [6, 6.07) is 3.20. The van der Waals surface area contributed by atoms with Gasteiger partial charge in [0, 0.05) is 22.7 Å². The van der Waals surface area contributed by atoms with E-state index in [1.54, 1.807) is 29.7 Å². The second-order valence-corrected chi connectivity index (χ2v) is 7.17. The Morgan fingerprint density at radius 3 is 2.80 bits per heavy atom. The van der Waals surface area contributed by atoms with Crippen LogP contribution in [0.25, 0.3) is 0 Å². The maximum Gasteiger partial charge on any atom is 0.338 e. The van der Waals surface area contributed by atoms with Crippen LogP contribution in [0.4, 0.5) is 0 Å². The smallest absolute Gasteiger partial charge is 0.338 e. The van der Waals surface area contributed by atoms with Crippen molar-refractivity contribution in [3.8, 4) is 0 Å². The van der Waals surface area contributed by atoms with E-state index < -0.39 is 5.97 Å². The van der Waals surface area contributed by atoms with E-state index >= 15 is 0 Å². The van der Waals surface area contributed by atoms with E-state index in [4.69, 9.17) is 5.11 Å². The predicted molar refractivity (Wildman–Crippen MR) is 81.6 cm³/mol. The molecule has 0 aliphatic carbocycles. The molecule has 4 nitrogen and oxygen atoms in total. The minimum absolute atomic E-state index is 0.0464. The van der Waals surface area contributed by atoms with Gasteiger partial charge in [-0.2, -0.15) is 0 Å². The van der Waals surface area contributed by atoms with Crippen LogP contribution in [-0.4, -0.2) is 21.0 Å². The van der Waals surface area contributed by atoms with Crippen molar-refractivity contribution >= 4 is 29.1 Å². The molecule has 0 aliphatic rings. The van der Waals surface area contributed by atoms with Crippen LogP contribution < -0.4 is 0 Å². The molecule has 0 spiro atoms. The van der Waals surface area contributed by atoms with Crippen molar-refractivity contribution < 1.29 is 9.90 Å². The van der Waals surface area contributed by atoms with Crippen molar-refractivity contribution in [1.82, 2.24) is 9.97 Å². The van der Waals surface area contributed by atoms with Gasteiger partial charge < -0.3 is 5.11 Å². The fourth-order valence-corrected chi connectivity index (χ4v) is 3.42. The zero-order chi connectivity index (χ0) is 14.8. The second-order valence-electron chi connectivity index (χ2n) is 5.34. The number of nitrogens with zero attached hydrogens (tertiary/aromatic N) is 2. The van der Waals surface area contributed by atoms with Crippen molar-refractivity contribution in [2.75, 3.05) is 0 Å². The van der Waals surface area contributed by atoms with Gasteiger partial charge in [-0.15, -0.1) is 11.3 Å². The molecule has 20 heavy (non-hydrogen) atoms. The summed E-state index contributed by atoms with van der Waals surface area (Å²) in [6.45, 7) is 6.39. The summed E-state index contributed by atoms with van der Waals surface area (Å²) in [7, 11) is 0. The summed E-state index contributed by atoms with van der Waals surface area (Å²) < 4.78 is 0. The minimum atomic E-state index is -0.950. The lowest BCUT2D eigenvalue weighted by Gasteiger charge is -2.13. The Kier molecular flexibility index (Phi) is 4.45. The van der Waals surface area contributed by atoms with Crippen LogP contribution in [-0.2, 0) is 11.2 Å². The molecular weight excluding hydrogens is 292 g/mol. The monoisotopic (exact) mass is 308 g/mol. The first-order valence-corrected chi connectivity index (χ1v) is 8.00. The molecule has 0 radical (unpaired) electrons. The molecule has 0 saturated heterocycles. The summed E-state index contributed by atoms with van der Waals surface area (Å²) in [5.41, 5.74) is 1.25. The summed E-state index contributed by atoms with van der Waals surface area (Å²) in [4.78, 5) is 19.8. The standard InChI is InChI=1S/C14H16N2O2S2/c1-14(2,3)13-16-9(8-20-13)7-19-11-10(12(17)18)5-4-6-15-11/h4-6,8H,7H2,1-3H3,(H,17,18). The van der Waals surface area contributed by atoms with Gasteiger partial charge in [0.1, 0.15) is 5.03 Å². The zero-order valence-electron chi connectivity index (χ0n) is 11.6. The summed E-state index contributed by atoms with van der Waals surface area (Å²) in [6.07, 6.45) is 1.61. The SMILES string of the molecule is CC(C)(C)c1nc(CSc2ncccc2C(=O)O)cs1. The van der Waals surface area contributed by atoms with Crippen LogP contribution in [0.15, 0.2) is 28.7 Å². The van der Waals surface area contributed by atoms with Gasteiger partial charge in [-0.1, -0.05) is 32.5 Å². The molecule has 0 unspecified atom stereocenters. The predicted octanol–water partition coefficient (Wildman–Crippen LogP) is 3.83. The quantitative estimate of drug-likeness (QED) is 0.870. The molecule has 0 bridgehead atoms. The van der Waals surface area contributed by atoms with Gasteiger partial charge in [-0.25, -0.2) is 14.8 Å². The first kappa shape index (κ1) is 15.0. The zero-order valence-corrected chi connectivity index (χ0v) is 13.2. The van der Waals surface area contributed by atoms with Gasteiger partial charge in [-0.3, -0.25) is 0 Å². The summed E-state index contributed by atoms with van der Waals surface area (Å²) in [5, 5.41) is 12.8. The fourth-order valence-electron chi connectivity index (χ4n) is 1.53. The number of aromatic nitrogens is 2. The molecule has 1 N–H and O–H groups in total. The van der Waals surface area contributed by atoms with Crippen LogP contribution in [0.1, 0.15) is 41.8 Å². The van der Waals surface area contributed by atoms with E-state index in [2.05, 4.69) is 30.7 Å². The lowest BCUT2D eigenvalue weighted by Crippen LogP contribution is -2.10. The third kappa shape index (κ3) is 3.58. The number of rotatable bonds is 4. The molecule has 0 atom stereocenters. The lowest BCUT2D eigenvalue weighted by molar-refractivity contribution is 0.0692. The number of carboxylic acid groups (broad SMARTS) is 1. The highest BCUT2D eigenvalue weighted by Crippen LogP contribution is 2.29. The number of thioether (sulfide) groups is 1. The average molecular weight is 308 g/mol. The Labute approximate surface area is 126 Å². The van der Waals surface area contributed by atoms with Crippen LogP contribution in [0.2, 0.25) is 0 Å². The van der Waals surface area contributed by atoms with Gasteiger partial charge >= 0.3 is 5.97 Å². The first-order chi connectivity index (χ1) is 9.38. The van der Waals surface area contributed by atoms with Crippen molar-refractivity contribution in [3.05, 3.63) is 40.0 Å². The maximum absolute atomic E-state index is 11.1. The molecule has 2 aromatic rings. The van der Waals surface area contributed by atoms with E-state index in [0.29, 0.717) is 10.8 Å². The number of pyridine rings is 1. The van der Waals surface area contributed by atoms with Crippen molar-refractivity contribution in [2.45, 2.75) is 37.0 Å². The molecular formula is C14H16N2O2S2. The van der Waals surface area contributed by atoms with Crippen molar-refractivity contribution in [2.24, 2.45) is 0 Å². The van der Waals surface area contributed by atoms with Gasteiger partial charge in [0.2, 0.25) is 0 Å². The maximum atomic E-state index is 11.1. The van der Waals surface area contributed by atoms with Crippen LogP contribution in [0, 0.1) is 0 Å². The van der Waals surface area contributed by atoms with Gasteiger partial charge in [0.15, 0.2) is 0 Å². The van der Waals surface area contributed by atoms with Gasteiger partial charge in [0.05, 0.1) is 16.3 Å². The van der Waals surface area contributed by atoms with E-state index in [0.717, 1.165) is 10.7 Å². The normalized spacial score (nSPS) is 11.6. The highest BCUT2D eigenvalue weighted by atomic mass is 32.2. The van der Waals surface area contributed by atoms with Crippen LogP contribution in [0.5, 0.6) is 0 Å². The Balaban J connectivity index is 2.10. The largest absolute Gasteiger partial charge is 0.478 e. The Bertz CT molecular complexity index is 618. The molecule has 2 heterocycles. The topological polar surface area (TPSA) is 63.1 Å². The molecule has 0 aromatic carbocycles. The molecule has 0 fully saturated rings. The van der Waals surface area contributed by atoms with E-state index in [9.17, 15) is 4.79 Å². The third-order valence-corrected chi connectivity index (χ3v) is 4.91. The number of aromatic carboxylic acids is 1. The molecule has 0 saturated carbocycles. The average Bonchev–Trinajstić information content (AvgIpc) is 2.85. The third-order valence-electron chi connectivity index (χ3n) is 2.55. The Morgan fingerprint density at radius 2 is 2.20 bits per heavy atom. The molecule has 2 aromatic heterocycles. The van der Waals surface area contributed by atoms with Crippen molar-refractivity contribution in [1.29, 1.82) is 0 Å². The molecule has 0 amide bonds. The van der Waals surface area contributed by atoms with Crippen molar-refractivity contribution in [3.63, 3.8) is 0 Å². The van der Waals surface area contributed by atoms with E-state index in [1.165, 1.54) is 11.8 Å². The summed E-state index contributed by atoms with van der Waals surface area (Å²) >= 11 is 3.05. The minimum Gasteiger partial charge on any atom is -0.478 e. The number of carbonyl (C=O) groups is 1. The number of thiazole rings is 1. The summed E-state index contributed by atoms with van der Waals surface area (Å²) in [5.74, 6) is -0.321. The Hall–Kier alpha value is -1.40. The molecule has 2 rings (SSSR count). The number of hydrogen-bond acceptors (Lipinski definition) is 5.